The summed E-state index contributed by atoms with van der Waals surface area (Å²) >= 11 is 0. The first-order chi connectivity index (χ1) is 6.11. The van der Waals surface area contributed by atoms with Crippen LogP contribution in [0.25, 0.3) is 0 Å². The maximum Gasteiger partial charge on any atom is 0.0552 e. The molecule has 0 fully saturated rings. The van der Waals surface area contributed by atoms with Crippen molar-refractivity contribution >= 4 is 6.72 Å². The van der Waals surface area contributed by atoms with Crippen LogP contribution in [0.15, 0.2) is 5.10 Å². The second-order valence-corrected chi connectivity index (χ2v) is 3.46. The maximum absolute atomic E-state index is 3.93. The van der Waals surface area contributed by atoms with Crippen LogP contribution in [-0.2, 0) is 0 Å². The Labute approximate surface area is 81.5 Å². The molecule has 4 heteroatoms. The average molecular weight is 186 g/mol. The fourth-order valence-corrected chi connectivity index (χ4v) is 1.000. The number of nitrogens with one attached hydrogen (secondary N) is 1. The molecule has 0 saturated carbocycles. The molecule has 0 aromatic rings. The standard InChI is InChI=1S/C9H22N4/c1-6-11-12(5)13(10-4)8-7-9(2)3/h9,11H,4,6-8H2,1-3,5H3. The molecule has 0 spiro atoms. The fraction of sp³-hybridized carbons (Fsp3) is 0.889. The van der Waals surface area contributed by atoms with E-state index in [1.165, 1.54) is 0 Å². The van der Waals surface area contributed by atoms with Gasteiger partial charge in [0.1, 0.15) is 0 Å². The first-order valence-electron chi connectivity index (χ1n) is 4.83. The van der Waals surface area contributed by atoms with Crippen molar-refractivity contribution in [1.29, 1.82) is 0 Å². The Bertz CT molecular complexity index is 136. The Kier molecular flexibility index (Phi) is 6.54. The van der Waals surface area contributed by atoms with Crippen molar-refractivity contribution in [2.75, 3.05) is 20.1 Å². The van der Waals surface area contributed by atoms with E-state index >= 15 is 0 Å². The molecular weight excluding hydrogens is 164 g/mol. The largest absolute Gasteiger partial charge is 0.236 e. The SMILES string of the molecule is C=NN(CCC(C)C)N(C)NCC. The molecule has 13 heavy (non-hydrogen) atoms. The van der Waals surface area contributed by atoms with Gasteiger partial charge in [0.25, 0.3) is 0 Å². The fourth-order valence-electron chi connectivity index (χ4n) is 1.000. The lowest BCUT2D eigenvalue weighted by atomic mass is 10.1. The smallest absolute Gasteiger partial charge is 0.0552 e. The zero-order valence-electron chi connectivity index (χ0n) is 9.25. The van der Waals surface area contributed by atoms with Crippen LogP contribution in [-0.4, -0.2) is 37.1 Å². The van der Waals surface area contributed by atoms with Crippen molar-refractivity contribution in [3.05, 3.63) is 0 Å². The Morgan fingerprint density at radius 3 is 2.46 bits per heavy atom. The van der Waals surface area contributed by atoms with Gasteiger partial charge in [0.15, 0.2) is 0 Å². The van der Waals surface area contributed by atoms with Gasteiger partial charge in [-0.1, -0.05) is 20.8 Å². The van der Waals surface area contributed by atoms with E-state index in [2.05, 4.69) is 38.0 Å². The third-order valence-electron chi connectivity index (χ3n) is 1.80. The summed E-state index contributed by atoms with van der Waals surface area (Å²) in [6.07, 6.45) is 1.12. The van der Waals surface area contributed by atoms with Gasteiger partial charge in [0, 0.05) is 20.3 Å². The molecule has 0 saturated heterocycles. The van der Waals surface area contributed by atoms with Gasteiger partial charge < -0.3 is 0 Å². The molecule has 0 aliphatic rings. The lowest BCUT2D eigenvalue weighted by Crippen LogP contribution is -2.45. The molecule has 78 valence electrons. The van der Waals surface area contributed by atoms with Crippen LogP contribution in [0.2, 0.25) is 0 Å². The van der Waals surface area contributed by atoms with Crippen molar-refractivity contribution in [1.82, 2.24) is 15.7 Å². The van der Waals surface area contributed by atoms with Crippen LogP contribution in [0.4, 0.5) is 0 Å². The highest BCUT2D eigenvalue weighted by molar-refractivity contribution is 5.22. The first-order valence-corrected chi connectivity index (χ1v) is 4.83. The number of hydrazone groups is 1. The van der Waals surface area contributed by atoms with Gasteiger partial charge >= 0.3 is 0 Å². The van der Waals surface area contributed by atoms with E-state index in [-0.39, 0.29) is 0 Å². The molecule has 0 amide bonds. The highest BCUT2D eigenvalue weighted by atomic mass is 15.9. The van der Waals surface area contributed by atoms with E-state index in [4.69, 9.17) is 0 Å². The summed E-state index contributed by atoms with van der Waals surface area (Å²) in [6, 6.07) is 0. The summed E-state index contributed by atoms with van der Waals surface area (Å²) in [5, 5.41) is 7.63. The predicted molar refractivity (Wildman–Crippen MR) is 57.1 cm³/mol. The molecule has 0 unspecified atom stereocenters. The van der Waals surface area contributed by atoms with Crippen LogP contribution in [0, 0.1) is 5.92 Å². The second-order valence-electron chi connectivity index (χ2n) is 3.46. The summed E-state index contributed by atoms with van der Waals surface area (Å²) in [7, 11) is 1.94. The molecule has 1 N–H and O–H groups in total. The summed E-state index contributed by atoms with van der Waals surface area (Å²) in [4.78, 5) is 0. The maximum atomic E-state index is 3.93. The molecule has 4 nitrogen and oxygen atoms in total. The first kappa shape index (κ1) is 12.4. The summed E-state index contributed by atoms with van der Waals surface area (Å²) in [5.74, 6) is 0.694. The van der Waals surface area contributed by atoms with E-state index in [1.807, 2.05) is 17.3 Å². The monoisotopic (exact) mass is 186 g/mol. The van der Waals surface area contributed by atoms with Crippen LogP contribution in [0.1, 0.15) is 27.2 Å². The van der Waals surface area contributed by atoms with Crippen LogP contribution >= 0.6 is 0 Å². The van der Waals surface area contributed by atoms with E-state index in [0.29, 0.717) is 5.92 Å². The molecule has 0 aliphatic heterocycles. The average Bonchev–Trinajstić information content (AvgIpc) is 2.05. The molecular formula is C9H22N4. The van der Waals surface area contributed by atoms with Crippen molar-refractivity contribution in [2.45, 2.75) is 27.2 Å². The molecule has 0 bridgehead atoms. The lowest BCUT2D eigenvalue weighted by Gasteiger charge is -2.29. The third-order valence-corrected chi connectivity index (χ3v) is 1.80. The number of nitrogens with zero attached hydrogens (tertiary/aromatic N) is 3. The van der Waals surface area contributed by atoms with E-state index in [9.17, 15) is 0 Å². The number of rotatable bonds is 7. The zero-order valence-corrected chi connectivity index (χ0v) is 9.25. The Morgan fingerprint density at radius 2 is 2.08 bits per heavy atom. The minimum absolute atomic E-state index is 0.694. The highest BCUT2D eigenvalue weighted by Gasteiger charge is 2.06. The van der Waals surface area contributed by atoms with Crippen LogP contribution in [0.3, 0.4) is 0 Å². The minimum Gasteiger partial charge on any atom is -0.236 e. The summed E-state index contributed by atoms with van der Waals surface area (Å²) in [6.45, 7) is 11.8. The summed E-state index contributed by atoms with van der Waals surface area (Å²) in [5.41, 5.74) is 3.15. The highest BCUT2D eigenvalue weighted by Crippen LogP contribution is 2.02. The molecule has 0 aliphatic carbocycles. The number of hydrogen-bond donors (Lipinski definition) is 1. The predicted octanol–water partition coefficient (Wildman–Crippen LogP) is 1.32. The van der Waals surface area contributed by atoms with Gasteiger partial charge in [-0.05, 0) is 12.3 Å². The Hall–Kier alpha value is -0.610. The molecule has 0 heterocycles. The van der Waals surface area contributed by atoms with Gasteiger partial charge in [-0.15, -0.1) is 5.12 Å². The number of hydrazine groups is 2. The normalized spacial score (nSPS) is 10.9. The van der Waals surface area contributed by atoms with E-state index in [1.54, 1.807) is 0 Å². The van der Waals surface area contributed by atoms with Crippen molar-refractivity contribution in [3.8, 4) is 0 Å². The topological polar surface area (TPSA) is 30.9 Å². The van der Waals surface area contributed by atoms with Gasteiger partial charge in [0.2, 0.25) is 0 Å². The van der Waals surface area contributed by atoms with Crippen molar-refractivity contribution < 1.29 is 0 Å². The summed E-state index contributed by atoms with van der Waals surface area (Å²) < 4.78 is 0. The zero-order chi connectivity index (χ0) is 10.3. The molecule has 0 atom stereocenters. The van der Waals surface area contributed by atoms with Gasteiger partial charge in [-0.2, -0.15) is 5.10 Å². The molecule has 0 aromatic carbocycles. The molecule has 0 rings (SSSR count). The molecule has 0 aromatic heterocycles. The van der Waals surface area contributed by atoms with Crippen LogP contribution in [0.5, 0.6) is 0 Å². The van der Waals surface area contributed by atoms with E-state index < -0.39 is 0 Å². The second kappa shape index (κ2) is 6.86. The van der Waals surface area contributed by atoms with Crippen molar-refractivity contribution in [3.63, 3.8) is 0 Å². The Morgan fingerprint density at radius 1 is 1.46 bits per heavy atom. The van der Waals surface area contributed by atoms with Crippen molar-refractivity contribution in [2.24, 2.45) is 11.0 Å². The van der Waals surface area contributed by atoms with Gasteiger partial charge in [-0.25, -0.2) is 10.5 Å². The number of hydrogen-bond acceptors (Lipinski definition) is 4. The molecule has 0 radical (unpaired) electrons. The lowest BCUT2D eigenvalue weighted by molar-refractivity contribution is -0.0451. The van der Waals surface area contributed by atoms with Gasteiger partial charge in [-0.3, -0.25) is 0 Å². The minimum atomic E-state index is 0.694. The van der Waals surface area contributed by atoms with E-state index in [0.717, 1.165) is 19.5 Å². The quantitative estimate of drug-likeness (QED) is 0.480. The Balaban J connectivity index is 3.80. The van der Waals surface area contributed by atoms with Crippen LogP contribution < -0.4 is 5.43 Å². The third kappa shape index (κ3) is 5.60. The van der Waals surface area contributed by atoms with Gasteiger partial charge in [0.05, 0.1) is 6.54 Å².